The number of benzene rings is 1. The summed E-state index contributed by atoms with van der Waals surface area (Å²) in [4.78, 5) is 29.4. The molecule has 3 aliphatic heterocycles. The number of nitrogens with zero attached hydrogens (tertiary/aromatic N) is 4. The Hall–Kier alpha value is -2.93. The lowest BCUT2D eigenvalue weighted by Crippen LogP contribution is -2.53. The van der Waals surface area contributed by atoms with Crippen molar-refractivity contribution in [2.45, 2.75) is 44.3 Å². The van der Waals surface area contributed by atoms with E-state index in [1.54, 1.807) is 12.4 Å². The molecule has 5 heterocycles. The molecule has 2 bridgehead atoms. The van der Waals surface area contributed by atoms with E-state index in [2.05, 4.69) is 48.3 Å². The van der Waals surface area contributed by atoms with Crippen molar-refractivity contribution in [1.29, 1.82) is 0 Å². The maximum absolute atomic E-state index is 12.5. The number of piperazine rings is 1. The largest absolute Gasteiger partial charge is 0.384 e. The van der Waals surface area contributed by atoms with Gasteiger partial charge in [-0.2, -0.15) is 0 Å². The monoisotopic (exact) mass is 402 g/mol. The SMILES string of the molecule is O=c1[nH]c2cc(CN3C4CC[C@H]3CN(c3cnccn3)C4)ccc2c2c1CCCN2. The van der Waals surface area contributed by atoms with Crippen LogP contribution >= 0.6 is 0 Å². The summed E-state index contributed by atoms with van der Waals surface area (Å²) in [5.41, 5.74) is 4.19. The van der Waals surface area contributed by atoms with Crippen molar-refractivity contribution in [1.82, 2.24) is 19.9 Å². The van der Waals surface area contributed by atoms with Crippen LogP contribution in [0, 0.1) is 0 Å². The second-order valence-corrected chi connectivity index (χ2v) is 8.74. The zero-order chi connectivity index (χ0) is 20.1. The molecule has 3 aliphatic rings. The summed E-state index contributed by atoms with van der Waals surface area (Å²) in [6, 6.07) is 7.64. The van der Waals surface area contributed by atoms with Crippen molar-refractivity contribution >= 4 is 22.4 Å². The standard InChI is InChI=1S/C23H26N6O/c30-23-19-2-1-7-26-22(19)18-6-3-15(10-20(18)27-23)12-29-16-4-5-17(29)14-28(13-16)21-11-24-8-9-25-21/h3,6,8-11,16-17,26H,1-2,4-5,7,12-14H2,(H,27,30)/t16-,17?/m0/s1. The molecule has 0 saturated carbocycles. The van der Waals surface area contributed by atoms with Gasteiger partial charge in [-0.1, -0.05) is 12.1 Å². The predicted octanol–water partition coefficient (Wildman–Crippen LogP) is 2.53. The Morgan fingerprint density at radius 2 is 2.00 bits per heavy atom. The molecule has 2 aromatic heterocycles. The van der Waals surface area contributed by atoms with E-state index in [0.29, 0.717) is 12.1 Å². The summed E-state index contributed by atoms with van der Waals surface area (Å²) >= 11 is 0. The number of fused-ring (bicyclic) bond motifs is 5. The topological polar surface area (TPSA) is 77.2 Å². The minimum Gasteiger partial charge on any atom is -0.384 e. The van der Waals surface area contributed by atoms with Crippen LogP contribution in [0.15, 0.2) is 41.6 Å². The van der Waals surface area contributed by atoms with E-state index in [9.17, 15) is 4.79 Å². The number of hydrogen-bond donors (Lipinski definition) is 2. The minimum atomic E-state index is 0.0551. The average Bonchev–Trinajstić information content (AvgIpc) is 3.01. The Kier molecular flexibility index (Phi) is 4.23. The third-order valence-electron chi connectivity index (χ3n) is 6.95. The molecule has 3 aromatic rings. The van der Waals surface area contributed by atoms with Crippen molar-refractivity contribution in [3.63, 3.8) is 0 Å². The summed E-state index contributed by atoms with van der Waals surface area (Å²) in [5.74, 6) is 0.981. The maximum atomic E-state index is 12.5. The smallest absolute Gasteiger partial charge is 0.253 e. The quantitative estimate of drug-likeness (QED) is 0.701. The molecular weight excluding hydrogens is 376 g/mol. The molecule has 2 atom stereocenters. The van der Waals surface area contributed by atoms with Crippen LogP contribution in [0.4, 0.5) is 11.5 Å². The highest BCUT2D eigenvalue weighted by Crippen LogP contribution is 2.34. The number of nitrogens with one attached hydrogen (secondary N) is 2. The van der Waals surface area contributed by atoms with Gasteiger partial charge in [0.1, 0.15) is 5.82 Å². The third-order valence-corrected chi connectivity index (χ3v) is 6.95. The zero-order valence-corrected chi connectivity index (χ0v) is 17.0. The lowest BCUT2D eigenvalue weighted by Gasteiger charge is -2.41. The normalized spacial score (nSPS) is 23.4. The molecule has 0 amide bonds. The molecule has 0 aliphatic carbocycles. The van der Waals surface area contributed by atoms with E-state index in [1.807, 2.05) is 6.20 Å². The Labute approximate surface area is 175 Å². The highest BCUT2D eigenvalue weighted by molar-refractivity contribution is 5.93. The van der Waals surface area contributed by atoms with Crippen LogP contribution in [0.3, 0.4) is 0 Å². The van der Waals surface area contributed by atoms with Crippen LogP contribution in [-0.2, 0) is 13.0 Å². The van der Waals surface area contributed by atoms with Gasteiger partial charge in [0.15, 0.2) is 0 Å². The molecule has 2 saturated heterocycles. The van der Waals surface area contributed by atoms with Crippen molar-refractivity contribution in [3.05, 3.63) is 58.3 Å². The first kappa shape index (κ1) is 17.9. The Morgan fingerprint density at radius 1 is 1.13 bits per heavy atom. The molecule has 7 heteroatoms. The highest BCUT2D eigenvalue weighted by atomic mass is 16.1. The molecule has 7 nitrogen and oxygen atoms in total. The van der Waals surface area contributed by atoms with Gasteiger partial charge in [0.05, 0.1) is 17.4 Å². The second kappa shape index (κ2) is 7.09. The number of aromatic nitrogens is 3. The van der Waals surface area contributed by atoms with Gasteiger partial charge in [-0.15, -0.1) is 0 Å². The van der Waals surface area contributed by atoms with E-state index in [1.165, 1.54) is 18.4 Å². The summed E-state index contributed by atoms with van der Waals surface area (Å²) < 4.78 is 0. The van der Waals surface area contributed by atoms with Crippen LogP contribution < -0.4 is 15.8 Å². The first-order valence-corrected chi connectivity index (χ1v) is 10.9. The molecule has 0 spiro atoms. The van der Waals surface area contributed by atoms with Crippen molar-refractivity contribution < 1.29 is 0 Å². The lowest BCUT2D eigenvalue weighted by atomic mass is 10.0. The fourth-order valence-electron chi connectivity index (χ4n) is 5.50. The predicted molar refractivity (Wildman–Crippen MR) is 118 cm³/mol. The van der Waals surface area contributed by atoms with Gasteiger partial charge in [-0.25, -0.2) is 4.98 Å². The fourth-order valence-corrected chi connectivity index (χ4v) is 5.50. The number of H-pyrrole nitrogens is 1. The van der Waals surface area contributed by atoms with Gasteiger partial charge in [0, 0.05) is 61.6 Å². The minimum absolute atomic E-state index is 0.0551. The average molecular weight is 403 g/mol. The number of rotatable bonds is 3. The van der Waals surface area contributed by atoms with Crippen LogP contribution in [0.5, 0.6) is 0 Å². The maximum Gasteiger partial charge on any atom is 0.253 e. The summed E-state index contributed by atoms with van der Waals surface area (Å²) in [6.45, 7) is 3.85. The molecule has 2 N–H and O–H groups in total. The second-order valence-electron chi connectivity index (χ2n) is 8.74. The van der Waals surface area contributed by atoms with Gasteiger partial charge in [-0.3, -0.25) is 14.7 Å². The third kappa shape index (κ3) is 2.96. The molecule has 30 heavy (non-hydrogen) atoms. The van der Waals surface area contributed by atoms with E-state index in [4.69, 9.17) is 0 Å². The van der Waals surface area contributed by atoms with E-state index >= 15 is 0 Å². The van der Waals surface area contributed by atoms with Crippen LogP contribution in [0.2, 0.25) is 0 Å². The fraction of sp³-hybridized carbons (Fsp3) is 0.435. The summed E-state index contributed by atoms with van der Waals surface area (Å²) in [7, 11) is 0. The number of hydrogen-bond acceptors (Lipinski definition) is 6. The van der Waals surface area contributed by atoms with E-state index < -0.39 is 0 Å². The van der Waals surface area contributed by atoms with Crippen molar-refractivity contribution in [3.8, 4) is 0 Å². The van der Waals surface area contributed by atoms with Gasteiger partial charge in [0.25, 0.3) is 5.56 Å². The van der Waals surface area contributed by atoms with Crippen LogP contribution in [0.25, 0.3) is 10.9 Å². The number of pyridine rings is 1. The summed E-state index contributed by atoms with van der Waals surface area (Å²) in [5, 5.41) is 4.57. The molecule has 0 radical (unpaired) electrons. The Morgan fingerprint density at radius 3 is 2.80 bits per heavy atom. The van der Waals surface area contributed by atoms with E-state index in [-0.39, 0.29) is 5.56 Å². The first-order valence-electron chi connectivity index (χ1n) is 10.9. The molecule has 6 rings (SSSR count). The first-order chi connectivity index (χ1) is 14.8. The van der Waals surface area contributed by atoms with Gasteiger partial charge in [0.2, 0.25) is 0 Å². The van der Waals surface area contributed by atoms with E-state index in [0.717, 1.165) is 67.0 Å². The number of anilines is 2. The Balaban J connectivity index is 1.26. The van der Waals surface area contributed by atoms with Crippen LogP contribution in [0.1, 0.15) is 30.4 Å². The van der Waals surface area contributed by atoms with Crippen LogP contribution in [-0.4, -0.2) is 51.6 Å². The van der Waals surface area contributed by atoms with Crippen molar-refractivity contribution in [2.24, 2.45) is 0 Å². The molecule has 154 valence electrons. The molecule has 1 unspecified atom stereocenters. The molecular formula is C23H26N6O. The molecule has 1 aromatic carbocycles. The molecule has 2 fully saturated rings. The summed E-state index contributed by atoms with van der Waals surface area (Å²) in [6.07, 6.45) is 9.69. The highest BCUT2D eigenvalue weighted by Gasteiger charge is 2.40. The Bertz CT molecular complexity index is 1130. The number of aromatic amines is 1. The zero-order valence-electron chi connectivity index (χ0n) is 17.0. The van der Waals surface area contributed by atoms with Gasteiger partial charge in [-0.05, 0) is 37.3 Å². The van der Waals surface area contributed by atoms with Gasteiger partial charge >= 0.3 is 0 Å². The lowest BCUT2D eigenvalue weighted by molar-refractivity contribution is 0.160. The van der Waals surface area contributed by atoms with Gasteiger partial charge < -0.3 is 15.2 Å². The van der Waals surface area contributed by atoms with Crippen molar-refractivity contribution in [2.75, 3.05) is 29.9 Å².